The number of hydrogen-bond donors (Lipinski definition) is 2. The Labute approximate surface area is 526 Å². The minimum atomic E-state index is -0.440. The molecule has 2 aliphatic rings. The van der Waals surface area contributed by atoms with E-state index in [2.05, 4.69) is 56.3 Å². The molecule has 9 aromatic rings. The average Bonchev–Trinajstić information content (AvgIpc) is 1.68. The lowest BCUT2D eigenvalue weighted by atomic mass is 10.1. The summed E-state index contributed by atoms with van der Waals surface area (Å²) in [6.07, 6.45) is 8.74. The Kier molecular flexibility index (Phi) is 19.9. The molecule has 90 heavy (non-hydrogen) atoms. The zero-order chi connectivity index (χ0) is 63.8. The van der Waals surface area contributed by atoms with E-state index < -0.39 is 11.8 Å². The third-order valence-electron chi connectivity index (χ3n) is 15.5. The van der Waals surface area contributed by atoms with Gasteiger partial charge in [-0.15, -0.1) is 20.4 Å². The number of methoxy groups -OCH3 is 1. The molecule has 0 spiro atoms. The highest BCUT2D eigenvalue weighted by Gasteiger charge is 2.28. The number of carbonyl (C=O) groups excluding carboxylic acids is 7. The van der Waals surface area contributed by atoms with Gasteiger partial charge in [0.15, 0.2) is 40.7 Å². The van der Waals surface area contributed by atoms with Crippen molar-refractivity contribution in [3.05, 3.63) is 141 Å². The van der Waals surface area contributed by atoms with E-state index in [4.69, 9.17) is 32.5 Å². The lowest BCUT2D eigenvalue weighted by molar-refractivity contribution is -0.143. The molecule has 0 bridgehead atoms. The van der Waals surface area contributed by atoms with Gasteiger partial charge in [0.05, 0.1) is 66.2 Å². The van der Waals surface area contributed by atoms with Crippen LogP contribution in [0.4, 0.5) is 11.6 Å². The maximum absolute atomic E-state index is 13.5. The highest BCUT2D eigenvalue weighted by atomic mass is 35.5. The number of ketones is 2. The zero-order valence-corrected chi connectivity index (χ0v) is 52.0. The molecule has 27 nitrogen and oxygen atoms in total. The minimum Gasteiger partial charge on any atom is -0.468 e. The van der Waals surface area contributed by atoms with Crippen molar-refractivity contribution in [2.24, 2.45) is 0 Å². The number of nitrogens with one attached hydrogen (secondary N) is 2. The molecule has 29 heteroatoms. The molecular weight excluding hydrogens is 1200 g/mol. The first-order chi connectivity index (χ1) is 43.4. The summed E-state index contributed by atoms with van der Waals surface area (Å²) >= 11 is 12.6. The van der Waals surface area contributed by atoms with Gasteiger partial charge in [-0.25, -0.2) is 9.36 Å². The normalized spacial score (nSPS) is 13.7. The fourth-order valence-electron chi connectivity index (χ4n) is 10.7. The Morgan fingerprint density at radius 1 is 0.567 bits per heavy atom. The second-order valence-corrected chi connectivity index (χ2v) is 22.6. The predicted molar refractivity (Wildman–Crippen MR) is 332 cm³/mol. The quantitative estimate of drug-likeness (QED) is 0.0574. The summed E-state index contributed by atoms with van der Waals surface area (Å²) in [6, 6.07) is 16.9. The number of aryl methyl sites for hydroxylation is 1. The molecule has 11 rings (SSSR count). The van der Waals surface area contributed by atoms with E-state index in [1.54, 1.807) is 113 Å². The van der Waals surface area contributed by atoms with Crippen LogP contribution in [0, 0.1) is 20.8 Å². The van der Waals surface area contributed by atoms with E-state index in [0.717, 1.165) is 12.8 Å². The second kappa shape index (κ2) is 28.3. The van der Waals surface area contributed by atoms with Crippen molar-refractivity contribution in [3.8, 4) is 11.6 Å². The van der Waals surface area contributed by atoms with E-state index in [1.807, 2.05) is 23.6 Å². The van der Waals surface area contributed by atoms with Crippen LogP contribution in [0.3, 0.4) is 0 Å². The smallest absolute Gasteiger partial charge is 0.319 e. The Balaban J connectivity index is 0.000000198. The number of rotatable bonds is 20. The van der Waals surface area contributed by atoms with Crippen LogP contribution in [0.1, 0.15) is 104 Å². The van der Waals surface area contributed by atoms with E-state index in [0.29, 0.717) is 161 Å². The number of aromatic nitrogens is 12. The monoisotopic (exact) mass is 1260 g/mol. The molecule has 2 N–H and O–H groups in total. The standard InChI is InChI=1S/C31H33ClN10O4.C30H33ClN8O5/c1-4-5-26(43)23-15-33-42(19(23)2)29-9-8-27(36-37-29)35-31(45)24-16-41(25-7-6-21(32)14-22(24)25)18-30(44)40-12-10-39(11-13-40)17-28-34-20(3)46-38-28;1-4-5-25(40)22-15-32-39(19(22)2)27-9-8-26(34-35-27)33-30(43)23-16-38(24-7-6-20(31)14-21(23)24)17-28(41)37-12-10-36(11-13-37)18-29(42)44-3/h6-9,14-16H,4-5,10-13,17-18H2,1-3H3,(H,35,36,45);6-9,14-16H,4-5,10-13,17-18H2,1-3H3,(H,33,34,43). The van der Waals surface area contributed by atoms with E-state index in [1.165, 1.54) is 24.2 Å². The van der Waals surface area contributed by atoms with Gasteiger partial charge in [-0.3, -0.25) is 43.4 Å². The zero-order valence-electron chi connectivity index (χ0n) is 50.5. The van der Waals surface area contributed by atoms with Crippen molar-refractivity contribution in [1.29, 1.82) is 0 Å². The van der Waals surface area contributed by atoms with Gasteiger partial charge in [0, 0.05) is 116 Å². The number of halogens is 2. The molecule has 2 saturated heterocycles. The number of benzene rings is 2. The van der Waals surface area contributed by atoms with Crippen molar-refractivity contribution in [2.75, 3.05) is 76.6 Å². The van der Waals surface area contributed by atoms with Crippen LogP contribution in [0.2, 0.25) is 10.0 Å². The number of amides is 4. The van der Waals surface area contributed by atoms with Crippen LogP contribution in [-0.2, 0) is 38.8 Å². The van der Waals surface area contributed by atoms with Crippen molar-refractivity contribution in [2.45, 2.75) is 79.9 Å². The Morgan fingerprint density at radius 3 is 1.42 bits per heavy atom. The lowest BCUT2D eigenvalue weighted by Gasteiger charge is -2.34. The summed E-state index contributed by atoms with van der Waals surface area (Å²) in [5.74, 6) is 1.15. The van der Waals surface area contributed by atoms with E-state index in [9.17, 15) is 33.6 Å². The Morgan fingerprint density at radius 2 is 1.02 bits per heavy atom. The molecule has 2 aliphatic heterocycles. The van der Waals surface area contributed by atoms with Crippen LogP contribution in [-0.4, -0.2) is 186 Å². The van der Waals surface area contributed by atoms with Crippen molar-refractivity contribution < 1.29 is 42.8 Å². The third-order valence-corrected chi connectivity index (χ3v) is 16.0. The number of fused-ring (bicyclic) bond motifs is 2. The Bertz CT molecular complexity index is 4140. The molecule has 0 aliphatic carbocycles. The number of piperazine rings is 2. The average molecular weight is 1270 g/mol. The number of Topliss-reactive ketones (excluding diaryl/α,β-unsaturated/α-hetero) is 2. The summed E-state index contributed by atoms with van der Waals surface area (Å²) in [6.45, 7) is 14.7. The van der Waals surface area contributed by atoms with E-state index in [-0.39, 0.29) is 60.6 Å². The number of carbonyl (C=O) groups is 7. The SMILES string of the molecule is CCCC(=O)c1cnn(-c2ccc(NC(=O)c3cn(CC(=O)N4CCN(CC(=O)OC)CC4)c4ccc(Cl)cc34)nn2)c1C.CCCC(=O)c1cnn(-c2ccc(NC(=O)c3cn(CC(=O)N4CCN(Cc5noc(C)n5)CC4)c4ccc(Cl)cc34)nn2)c1C. The molecule has 0 saturated carbocycles. The number of hydrogen-bond acceptors (Lipinski definition) is 19. The van der Waals surface area contributed by atoms with Gasteiger partial charge in [0.1, 0.15) is 13.1 Å². The Hall–Kier alpha value is -9.57. The first-order valence-electron chi connectivity index (χ1n) is 29.3. The predicted octanol–water partition coefficient (Wildman–Crippen LogP) is 6.98. The molecule has 2 aromatic carbocycles. The van der Waals surface area contributed by atoms with Crippen molar-refractivity contribution >= 4 is 97.8 Å². The third kappa shape index (κ3) is 14.6. The van der Waals surface area contributed by atoms with E-state index >= 15 is 0 Å². The van der Waals surface area contributed by atoms with Gasteiger partial charge >= 0.3 is 5.97 Å². The molecule has 0 atom stereocenters. The van der Waals surface area contributed by atoms with Gasteiger partial charge in [-0.2, -0.15) is 15.2 Å². The minimum absolute atomic E-state index is 0.0206. The molecule has 9 heterocycles. The molecule has 468 valence electrons. The number of esters is 1. The van der Waals surface area contributed by atoms with Crippen molar-refractivity contribution in [3.63, 3.8) is 0 Å². The largest absolute Gasteiger partial charge is 0.468 e. The van der Waals surface area contributed by atoms with Crippen LogP contribution in [0.15, 0.2) is 90.0 Å². The number of anilines is 2. The second-order valence-electron chi connectivity index (χ2n) is 21.7. The topological polar surface area (TPSA) is 302 Å². The van der Waals surface area contributed by atoms with Crippen LogP contribution in [0.5, 0.6) is 0 Å². The van der Waals surface area contributed by atoms with Crippen LogP contribution >= 0.6 is 23.2 Å². The molecule has 2 fully saturated rings. The molecule has 7 aromatic heterocycles. The maximum Gasteiger partial charge on any atom is 0.319 e. The first kappa shape index (κ1) is 63.4. The van der Waals surface area contributed by atoms with Crippen molar-refractivity contribution in [1.82, 2.24) is 78.8 Å². The highest BCUT2D eigenvalue weighted by molar-refractivity contribution is 6.32. The summed E-state index contributed by atoms with van der Waals surface area (Å²) < 4.78 is 16.4. The molecule has 4 amide bonds. The molecular formula is C61H66Cl2N18O9. The molecule has 0 unspecified atom stereocenters. The number of ether oxygens (including phenoxy) is 1. The van der Waals surface area contributed by atoms with Gasteiger partial charge in [-0.1, -0.05) is 42.2 Å². The van der Waals surface area contributed by atoms with Gasteiger partial charge in [0.2, 0.25) is 17.7 Å². The molecule has 0 radical (unpaired) electrons. The van der Waals surface area contributed by atoms with Gasteiger partial charge < -0.3 is 38.8 Å². The van der Waals surface area contributed by atoms with Crippen LogP contribution in [0.25, 0.3) is 33.4 Å². The van der Waals surface area contributed by atoms with Gasteiger partial charge in [0.25, 0.3) is 11.8 Å². The summed E-state index contributed by atoms with van der Waals surface area (Å²) in [5, 5.41) is 36.9. The van der Waals surface area contributed by atoms with Gasteiger partial charge in [-0.05, 0) is 87.4 Å². The maximum atomic E-state index is 13.5. The number of nitrogens with zero attached hydrogens (tertiary/aromatic N) is 16. The summed E-state index contributed by atoms with van der Waals surface area (Å²) in [7, 11) is 1.35. The van der Waals surface area contributed by atoms with Crippen LogP contribution < -0.4 is 10.6 Å². The summed E-state index contributed by atoms with van der Waals surface area (Å²) in [4.78, 5) is 102. The lowest BCUT2D eigenvalue weighted by Crippen LogP contribution is -2.50. The first-order valence-corrected chi connectivity index (χ1v) is 30.0. The highest BCUT2D eigenvalue weighted by Crippen LogP contribution is 2.29. The fraction of sp³-hybridized carbons (Fsp3) is 0.361. The fourth-order valence-corrected chi connectivity index (χ4v) is 11.1. The summed E-state index contributed by atoms with van der Waals surface area (Å²) in [5.41, 5.74) is 4.48.